The summed E-state index contributed by atoms with van der Waals surface area (Å²) in [5.74, 6) is 2.47. The maximum atomic E-state index is 12.6. The maximum absolute atomic E-state index is 12.6. The van der Waals surface area contributed by atoms with Crippen LogP contribution in [-0.4, -0.2) is 65.5 Å². The zero-order valence-electron chi connectivity index (χ0n) is 19.3. The van der Waals surface area contributed by atoms with Crippen molar-refractivity contribution in [2.75, 3.05) is 38.6 Å². The average Bonchev–Trinajstić information content (AvgIpc) is 3.13. The van der Waals surface area contributed by atoms with Crippen molar-refractivity contribution in [1.29, 1.82) is 0 Å². The van der Waals surface area contributed by atoms with E-state index in [1.165, 1.54) is 5.56 Å². The lowest BCUT2D eigenvalue weighted by molar-refractivity contribution is -0.119. The third-order valence-corrected chi connectivity index (χ3v) is 5.71. The number of fused-ring (bicyclic) bond motifs is 1. The van der Waals surface area contributed by atoms with Gasteiger partial charge in [0, 0.05) is 50.1 Å². The lowest BCUT2D eigenvalue weighted by Gasteiger charge is -2.35. The van der Waals surface area contributed by atoms with Crippen LogP contribution in [0.4, 0.5) is 5.82 Å². The highest BCUT2D eigenvalue weighted by Gasteiger charge is 2.26. The fourth-order valence-corrected chi connectivity index (χ4v) is 4.35. The molecule has 2 aromatic heterocycles. The molecule has 7 heteroatoms. The van der Waals surface area contributed by atoms with E-state index in [1.54, 1.807) is 6.20 Å². The van der Waals surface area contributed by atoms with Crippen LogP contribution in [0.3, 0.4) is 0 Å². The molecular formula is C24H33N5O2. The predicted molar refractivity (Wildman–Crippen MR) is 122 cm³/mol. The van der Waals surface area contributed by atoms with Crippen molar-refractivity contribution in [3.63, 3.8) is 0 Å². The number of ether oxygens (including phenoxy) is 1. The molecule has 0 saturated carbocycles. The Morgan fingerprint density at radius 3 is 2.74 bits per heavy atom. The highest BCUT2D eigenvalue weighted by molar-refractivity contribution is 5.84. The van der Waals surface area contributed by atoms with Crippen molar-refractivity contribution >= 4 is 11.6 Å². The van der Waals surface area contributed by atoms with Crippen LogP contribution < -0.4 is 9.64 Å². The second-order valence-electron chi connectivity index (χ2n) is 10.1. The number of aryl methyl sites for hydroxylation is 1. The SMILES string of the molecule is CN1CC(Oc2ccnc(-c3nc4c(c(N(C)CC(=O)CC(C)(C)C)n3)CCC4)c2)C1. The number of carbonyl (C=O) groups excluding carboxylic acids is 1. The molecule has 4 rings (SSSR count). The molecular weight excluding hydrogens is 390 g/mol. The Morgan fingerprint density at radius 2 is 2.03 bits per heavy atom. The second-order valence-corrected chi connectivity index (χ2v) is 10.1. The van der Waals surface area contributed by atoms with E-state index in [9.17, 15) is 4.79 Å². The average molecular weight is 424 g/mol. The van der Waals surface area contributed by atoms with Gasteiger partial charge in [-0.3, -0.25) is 14.7 Å². The number of Topliss-reactive ketones (excluding diaryl/α,β-unsaturated/α-hetero) is 1. The fourth-order valence-electron chi connectivity index (χ4n) is 4.35. The Bertz CT molecular complexity index is 963. The molecule has 3 heterocycles. The van der Waals surface area contributed by atoms with E-state index in [0.717, 1.165) is 49.6 Å². The first-order chi connectivity index (χ1) is 14.7. The molecule has 0 bridgehead atoms. The van der Waals surface area contributed by atoms with Gasteiger partial charge >= 0.3 is 0 Å². The number of hydrogen-bond acceptors (Lipinski definition) is 7. The van der Waals surface area contributed by atoms with Gasteiger partial charge < -0.3 is 9.64 Å². The summed E-state index contributed by atoms with van der Waals surface area (Å²) in [6.07, 6.45) is 5.47. The smallest absolute Gasteiger partial charge is 0.180 e. The number of hydrogen-bond donors (Lipinski definition) is 0. The quantitative estimate of drug-likeness (QED) is 0.677. The summed E-state index contributed by atoms with van der Waals surface area (Å²) in [4.78, 5) is 31.0. The molecule has 31 heavy (non-hydrogen) atoms. The van der Waals surface area contributed by atoms with E-state index >= 15 is 0 Å². The van der Waals surface area contributed by atoms with Gasteiger partial charge in [0.1, 0.15) is 23.4 Å². The van der Waals surface area contributed by atoms with Crippen LogP contribution in [0.2, 0.25) is 0 Å². The number of nitrogens with zero attached hydrogens (tertiary/aromatic N) is 5. The molecule has 1 fully saturated rings. The van der Waals surface area contributed by atoms with Gasteiger partial charge in [0.25, 0.3) is 0 Å². The molecule has 0 atom stereocenters. The van der Waals surface area contributed by atoms with Crippen LogP contribution in [0.15, 0.2) is 18.3 Å². The van der Waals surface area contributed by atoms with E-state index in [0.29, 0.717) is 24.5 Å². The summed E-state index contributed by atoms with van der Waals surface area (Å²) >= 11 is 0. The number of aromatic nitrogens is 3. The van der Waals surface area contributed by atoms with Crippen molar-refractivity contribution in [3.05, 3.63) is 29.6 Å². The van der Waals surface area contributed by atoms with Crippen molar-refractivity contribution in [3.8, 4) is 17.3 Å². The molecule has 7 nitrogen and oxygen atoms in total. The lowest BCUT2D eigenvalue weighted by Crippen LogP contribution is -2.51. The van der Waals surface area contributed by atoms with E-state index in [-0.39, 0.29) is 17.3 Å². The number of likely N-dealkylation sites (N-methyl/N-ethyl adjacent to an activating group) is 2. The Kier molecular flexibility index (Phi) is 5.97. The van der Waals surface area contributed by atoms with E-state index in [4.69, 9.17) is 14.7 Å². The lowest BCUT2D eigenvalue weighted by atomic mass is 9.90. The largest absolute Gasteiger partial charge is 0.488 e. The molecule has 1 aliphatic carbocycles. The van der Waals surface area contributed by atoms with Crippen LogP contribution in [0.5, 0.6) is 5.75 Å². The number of pyridine rings is 1. The summed E-state index contributed by atoms with van der Waals surface area (Å²) < 4.78 is 6.06. The molecule has 2 aromatic rings. The molecule has 0 aromatic carbocycles. The Morgan fingerprint density at radius 1 is 1.26 bits per heavy atom. The van der Waals surface area contributed by atoms with Gasteiger partial charge in [-0.1, -0.05) is 20.8 Å². The van der Waals surface area contributed by atoms with Crippen LogP contribution in [-0.2, 0) is 17.6 Å². The van der Waals surface area contributed by atoms with Crippen LogP contribution >= 0.6 is 0 Å². The second kappa shape index (κ2) is 8.54. The number of carbonyl (C=O) groups is 1. The molecule has 0 unspecified atom stereocenters. The molecule has 1 saturated heterocycles. The molecule has 0 N–H and O–H groups in total. The molecule has 166 valence electrons. The molecule has 0 radical (unpaired) electrons. The van der Waals surface area contributed by atoms with Crippen LogP contribution in [0.1, 0.15) is 44.9 Å². The van der Waals surface area contributed by atoms with Crippen molar-refractivity contribution < 1.29 is 9.53 Å². The van der Waals surface area contributed by atoms with Gasteiger partial charge in [-0.25, -0.2) is 9.97 Å². The maximum Gasteiger partial charge on any atom is 0.180 e. The van der Waals surface area contributed by atoms with Gasteiger partial charge in [0.05, 0.1) is 6.54 Å². The number of rotatable bonds is 7. The Balaban J connectivity index is 1.58. The molecule has 1 aliphatic heterocycles. The van der Waals surface area contributed by atoms with E-state index in [1.807, 2.05) is 24.1 Å². The van der Waals surface area contributed by atoms with Gasteiger partial charge in [-0.05, 0) is 37.8 Å². The monoisotopic (exact) mass is 423 g/mol. The van der Waals surface area contributed by atoms with Gasteiger partial charge in [0.2, 0.25) is 0 Å². The fraction of sp³-hybridized carbons (Fsp3) is 0.583. The summed E-state index contributed by atoms with van der Waals surface area (Å²) in [5, 5.41) is 0. The molecule has 2 aliphatic rings. The van der Waals surface area contributed by atoms with Crippen molar-refractivity contribution in [2.45, 2.75) is 52.6 Å². The minimum Gasteiger partial charge on any atom is -0.488 e. The van der Waals surface area contributed by atoms with Gasteiger partial charge in [0.15, 0.2) is 11.6 Å². The third-order valence-electron chi connectivity index (χ3n) is 5.71. The number of ketones is 1. The zero-order valence-corrected chi connectivity index (χ0v) is 19.3. The summed E-state index contributed by atoms with van der Waals surface area (Å²) in [6.45, 7) is 8.50. The number of likely N-dealkylation sites (tertiary alicyclic amines) is 1. The van der Waals surface area contributed by atoms with Gasteiger partial charge in [-0.15, -0.1) is 0 Å². The number of anilines is 1. The standard InChI is InChI=1S/C24H33N5O2/c1-24(2,3)12-16(30)13-29(5)23-19-7-6-8-20(19)26-22(27-23)21-11-17(9-10-25-21)31-18-14-28(4)15-18/h9-11,18H,6-8,12-15H2,1-5H3. The summed E-state index contributed by atoms with van der Waals surface area (Å²) in [5.41, 5.74) is 2.93. The Hall–Kier alpha value is -2.54. The summed E-state index contributed by atoms with van der Waals surface area (Å²) in [6, 6.07) is 3.80. The predicted octanol–water partition coefficient (Wildman–Crippen LogP) is 3.16. The highest BCUT2D eigenvalue weighted by Crippen LogP contribution is 2.31. The summed E-state index contributed by atoms with van der Waals surface area (Å²) in [7, 11) is 4.03. The normalized spacial score (nSPS) is 16.7. The highest BCUT2D eigenvalue weighted by atomic mass is 16.5. The molecule has 0 amide bonds. The minimum absolute atomic E-state index is 0.0176. The van der Waals surface area contributed by atoms with E-state index < -0.39 is 0 Å². The third kappa shape index (κ3) is 5.21. The van der Waals surface area contributed by atoms with Crippen LogP contribution in [0, 0.1) is 5.41 Å². The van der Waals surface area contributed by atoms with Gasteiger partial charge in [-0.2, -0.15) is 0 Å². The minimum atomic E-state index is -0.0176. The van der Waals surface area contributed by atoms with Crippen LogP contribution in [0.25, 0.3) is 11.5 Å². The zero-order chi connectivity index (χ0) is 22.2. The first-order valence-electron chi connectivity index (χ1n) is 11.1. The Labute approximate surface area is 184 Å². The first kappa shape index (κ1) is 21.7. The van der Waals surface area contributed by atoms with E-state index in [2.05, 4.69) is 37.7 Å². The topological polar surface area (TPSA) is 71.5 Å². The van der Waals surface area contributed by atoms with Crippen molar-refractivity contribution in [2.24, 2.45) is 5.41 Å². The van der Waals surface area contributed by atoms with Crippen molar-refractivity contribution in [1.82, 2.24) is 19.9 Å². The molecule has 0 spiro atoms. The first-order valence-corrected chi connectivity index (χ1v) is 11.1.